The summed E-state index contributed by atoms with van der Waals surface area (Å²) in [5.74, 6) is 0.357. The Balaban J connectivity index is 0.000000635. The van der Waals surface area contributed by atoms with Gasteiger partial charge in [0.05, 0.1) is 11.1 Å². The molecular weight excluding hydrogens is 486 g/mol. The average Bonchev–Trinajstić information content (AvgIpc) is 2.87. The van der Waals surface area contributed by atoms with E-state index in [2.05, 4.69) is 50.8 Å². The molecule has 1 aliphatic rings. The molecule has 0 N–H and O–H groups in total. The fourth-order valence-electron chi connectivity index (χ4n) is 4.04. The van der Waals surface area contributed by atoms with Crippen LogP contribution in [0.25, 0.3) is 0 Å². The third kappa shape index (κ3) is 11.0. The molecule has 0 nitrogen and oxygen atoms in total. The summed E-state index contributed by atoms with van der Waals surface area (Å²) in [7, 11) is 0. The van der Waals surface area contributed by atoms with E-state index < -0.39 is 29.4 Å². The molecule has 1 unspecified atom stereocenters. The summed E-state index contributed by atoms with van der Waals surface area (Å²) in [5, 5.41) is 0. The lowest BCUT2D eigenvalue weighted by Crippen LogP contribution is -2.27. The van der Waals surface area contributed by atoms with E-state index in [1.54, 1.807) is 6.92 Å². The highest BCUT2D eigenvalue weighted by atomic mass is 19.4. The Bertz CT molecular complexity index is 885. The lowest BCUT2D eigenvalue weighted by Gasteiger charge is -2.36. The van der Waals surface area contributed by atoms with Crippen LogP contribution in [-0.2, 0) is 17.8 Å². The van der Waals surface area contributed by atoms with Crippen molar-refractivity contribution < 1.29 is 26.3 Å². The molecule has 6 heteroatoms. The summed E-state index contributed by atoms with van der Waals surface area (Å²) in [6, 6.07) is 12.6. The molecule has 1 saturated carbocycles. The molecule has 0 aliphatic heterocycles. The molecular formula is C31H44F6. The van der Waals surface area contributed by atoms with Crippen LogP contribution in [0.5, 0.6) is 0 Å². The molecule has 1 fully saturated rings. The van der Waals surface area contributed by atoms with E-state index >= 15 is 0 Å². The SMILES string of the molecule is C=C(C)C(C)c1cc(C(F)(F)F)cc(C(F)(F)F)c1.CC.CC.CC1CCC(C)(c2ccccc2)CC1. The first kappa shape index (κ1) is 34.8. The number of halogens is 6. The lowest BCUT2D eigenvalue weighted by atomic mass is 9.68. The number of rotatable bonds is 3. The predicted molar refractivity (Wildman–Crippen MR) is 144 cm³/mol. The van der Waals surface area contributed by atoms with Crippen LogP contribution in [0.3, 0.4) is 0 Å². The molecule has 0 bridgehead atoms. The molecule has 0 radical (unpaired) electrons. The van der Waals surface area contributed by atoms with Gasteiger partial charge in [0.25, 0.3) is 0 Å². The Kier molecular flexibility index (Phi) is 14.3. The third-order valence-electron chi connectivity index (χ3n) is 6.70. The topological polar surface area (TPSA) is 0 Å². The summed E-state index contributed by atoms with van der Waals surface area (Å²) in [4.78, 5) is 0. The number of hydrogen-bond acceptors (Lipinski definition) is 0. The third-order valence-corrected chi connectivity index (χ3v) is 6.70. The molecule has 0 saturated heterocycles. The van der Waals surface area contributed by atoms with Gasteiger partial charge in [-0.15, -0.1) is 0 Å². The molecule has 210 valence electrons. The van der Waals surface area contributed by atoms with Gasteiger partial charge in [-0.25, -0.2) is 0 Å². The highest BCUT2D eigenvalue weighted by Gasteiger charge is 2.37. The van der Waals surface area contributed by atoms with Crippen molar-refractivity contribution in [2.75, 3.05) is 0 Å². The molecule has 37 heavy (non-hydrogen) atoms. The Morgan fingerprint density at radius 1 is 0.838 bits per heavy atom. The van der Waals surface area contributed by atoms with Gasteiger partial charge >= 0.3 is 12.4 Å². The Morgan fingerprint density at radius 2 is 1.24 bits per heavy atom. The average molecular weight is 531 g/mol. The van der Waals surface area contributed by atoms with Gasteiger partial charge in [-0.1, -0.05) is 91.0 Å². The maximum absolute atomic E-state index is 12.6. The highest BCUT2D eigenvalue weighted by Crippen LogP contribution is 2.41. The van der Waals surface area contributed by atoms with Crippen molar-refractivity contribution in [2.45, 2.75) is 105 Å². The Hall–Kier alpha value is -2.24. The van der Waals surface area contributed by atoms with Crippen LogP contribution in [0, 0.1) is 5.92 Å². The Morgan fingerprint density at radius 3 is 1.59 bits per heavy atom. The largest absolute Gasteiger partial charge is 0.416 e. The summed E-state index contributed by atoms with van der Waals surface area (Å²) in [6.07, 6.45) is -4.12. The van der Waals surface area contributed by atoms with E-state index in [4.69, 9.17) is 0 Å². The molecule has 0 heterocycles. The van der Waals surface area contributed by atoms with Gasteiger partial charge in [0.15, 0.2) is 0 Å². The molecule has 2 aromatic carbocycles. The molecule has 0 aromatic heterocycles. The fourth-order valence-corrected chi connectivity index (χ4v) is 4.04. The minimum Gasteiger partial charge on any atom is -0.166 e. The van der Waals surface area contributed by atoms with Gasteiger partial charge in [0.1, 0.15) is 0 Å². The zero-order valence-electron chi connectivity index (χ0n) is 23.6. The lowest BCUT2D eigenvalue weighted by molar-refractivity contribution is -0.143. The first-order valence-electron chi connectivity index (χ1n) is 13.1. The predicted octanol–water partition coefficient (Wildman–Crippen LogP) is 11.6. The molecule has 2 aromatic rings. The number of alkyl halides is 6. The minimum absolute atomic E-state index is 0.0466. The quantitative estimate of drug-likeness (QED) is 0.273. The first-order valence-corrected chi connectivity index (χ1v) is 13.1. The highest BCUT2D eigenvalue weighted by molar-refractivity contribution is 5.37. The maximum atomic E-state index is 12.6. The van der Waals surface area contributed by atoms with E-state index in [1.165, 1.54) is 38.2 Å². The van der Waals surface area contributed by atoms with Gasteiger partial charge in [-0.05, 0) is 73.3 Å². The second-order valence-corrected chi connectivity index (χ2v) is 9.52. The zero-order chi connectivity index (χ0) is 29.0. The number of benzene rings is 2. The molecule has 1 atom stereocenters. The van der Waals surface area contributed by atoms with E-state index in [1.807, 2.05) is 27.7 Å². The van der Waals surface area contributed by atoms with E-state index in [9.17, 15) is 26.3 Å². The van der Waals surface area contributed by atoms with Crippen molar-refractivity contribution >= 4 is 0 Å². The van der Waals surface area contributed by atoms with Crippen molar-refractivity contribution in [3.05, 3.63) is 82.9 Å². The minimum atomic E-state index is -4.81. The van der Waals surface area contributed by atoms with Gasteiger partial charge in [-0.2, -0.15) is 26.3 Å². The van der Waals surface area contributed by atoms with E-state index in [-0.39, 0.29) is 11.6 Å². The van der Waals surface area contributed by atoms with Crippen molar-refractivity contribution in [1.29, 1.82) is 0 Å². The summed E-state index contributed by atoms with van der Waals surface area (Å²) >= 11 is 0. The van der Waals surface area contributed by atoms with Crippen LogP contribution in [0.1, 0.15) is 109 Å². The molecule has 3 rings (SSSR count). The Labute approximate surface area is 220 Å². The van der Waals surface area contributed by atoms with Gasteiger partial charge < -0.3 is 0 Å². The first-order chi connectivity index (χ1) is 17.1. The van der Waals surface area contributed by atoms with Crippen LogP contribution in [0.2, 0.25) is 0 Å². The number of allylic oxidation sites excluding steroid dienone is 1. The van der Waals surface area contributed by atoms with E-state index in [0.29, 0.717) is 11.0 Å². The van der Waals surface area contributed by atoms with Gasteiger partial charge in [-0.3, -0.25) is 0 Å². The van der Waals surface area contributed by atoms with Crippen molar-refractivity contribution in [2.24, 2.45) is 5.92 Å². The molecule has 1 aliphatic carbocycles. The van der Waals surface area contributed by atoms with Gasteiger partial charge in [0, 0.05) is 5.92 Å². The standard InChI is InChI=1S/C14H20.C13H12F6.2C2H6/c1-12-8-10-14(2,11-9-12)13-6-4-3-5-7-13;1-7(2)8(3)9-4-10(12(14,15)16)6-11(5-9)13(17,18)19;2*1-2/h3-7,12H,8-11H2,1-2H3;4-6,8H,1H2,2-3H3;2*1-2H3. The van der Waals surface area contributed by atoms with Crippen LogP contribution in [0.15, 0.2) is 60.7 Å². The normalized spacial score (nSPS) is 20.1. The summed E-state index contributed by atoms with van der Waals surface area (Å²) in [6.45, 7) is 19.4. The van der Waals surface area contributed by atoms with Crippen molar-refractivity contribution in [1.82, 2.24) is 0 Å². The maximum Gasteiger partial charge on any atom is 0.416 e. The van der Waals surface area contributed by atoms with Crippen LogP contribution >= 0.6 is 0 Å². The molecule has 0 amide bonds. The summed E-state index contributed by atoms with van der Waals surface area (Å²) < 4.78 is 75.7. The molecule has 0 spiro atoms. The fraction of sp³-hybridized carbons (Fsp3) is 0.548. The van der Waals surface area contributed by atoms with Crippen LogP contribution in [-0.4, -0.2) is 0 Å². The van der Waals surface area contributed by atoms with E-state index in [0.717, 1.165) is 18.1 Å². The monoisotopic (exact) mass is 530 g/mol. The van der Waals surface area contributed by atoms with Crippen molar-refractivity contribution in [3.8, 4) is 0 Å². The smallest absolute Gasteiger partial charge is 0.166 e. The van der Waals surface area contributed by atoms with Crippen LogP contribution in [0.4, 0.5) is 26.3 Å². The zero-order valence-corrected chi connectivity index (χ0v) is 23.6. The van der Waals surface area contributed by atoms with Crippen LogP contribution < -0.4 is 0 Å². The second-order valence-electron chi connectivity index (χ2n) is 9.52. The summed E-state index contributed by atoms with van der Waals surface area (Å²) in [5.41, 5.74) is -0.168. The van der Waals surface area contributed by atoms with Crippen molar-refractivity contribution in [3.63, 3.8) is 0 Å². The van der Waals surface area contributed by atoms with Gasteiger partial charge in [0.2, 0.25) is 0 Å². The number of hydrogen-bond donors (Lipinski definition) is 0. The second kappa shape index (κ2) is 15.2.